The van der Waals surface area contributed by atoms with Crippen LogP contribution in [-0.2, 0) is 4.18 Å². The average Bonchev–Trinajstić information content (AvgIpc) is 2.17. The zero-order valence-corrected chi connectivity index (χ0v) is 10.8. The van der Waals surface area contributed by atoms with Crippen LogP contribution in [0.1, 0.15) is 26.7 Å². The van der Waals surface area contributed by atoms with Crippen molar-refractivity contribution in [3.05, 3.63) is 37.3 Å². The molecule has 15 heavy (non-hydrogen) atoms. The molecule has 0 atom stereocenters. The lowest BCUT2D eigenvalue weighted by atomic mass is 10.2. The highest BCUT2D eigenvalue weighted by atomic mass is 32.2. The van der Waals surface area contributed by atoms with Gasteiger partial charge in [0, 0.05) is 12.5 Å². The molecule has 0 spiro atoms. The van der Waals surface area contributed by atoms with E-state index in [0.29, 0.717) is 5.88 Å². The monoisotopic (exact) mass is 227 g/mol. The van der Waals surface area contributed by atoms with Crippen molar-refractivity contribution in [2.75, 3.05) is 6.26 Å². The van der Waals surface area contributed by atoms with E-state index in [1.54, 1.807) is 12.3 Å². The van der Waals surface area contributed by atoms with Gasteiger partial charge in [0.2, 0.25) is 5.88 Å². The summed E-state index contributed by atoms with van der Waals surface area (Å²) >= 11 is 1.23. The van der Waals surface area contributed by atoms with Crippen molar-refractivity contribution in [2.24, 2.45) is 4.99 Å². The molecule has 0 fully saturated rings. The van der Waals surface area contributed by atoms with Gasteiger partial charge in [-0.3, -0.25) is 0 Å². The van der Waals surface area contributed by atoms with Gasteiger partial charge in [0.1, 0.15) is 0 Å². The molecule has 0 saturated carbocycles. The van der Waals surface area contributed by atoms with Gasteiger partial charge in [0.25, 0.3) is 0 Å². The molecule has 0 rings (SSSR count). The molecule has 0 amide bonds. The predicted molar refractivity (Wildman–Crippen MR) is 72.2 cm³/mol. The average molecular weight is 227 g/mol. The van der Waals surface area contributed by atoms with Crippen molar-refractivity contribution in [2.45, 2.75) is 26.7 Å². The second-order valence-corrected chi connectivity index (χ2v) is 3.22. The van der Waals surface area contributed by atoms with Gasteiger partial charge in [0.15, 0.2) is 0 Å². The maximum atomic E-state index is 4.95. The Labute approximate surface area is 98.0 Å². The smallest absolute Gasteiger partial charge is 0.220 e. The molecule has 0 aromatic heterocycles. The number of hydrogen-bond donors (Lipinski definition) is 0. The summed E-state index contributed by atoms with van der Waals surface area (Å²) in [5.41, 5.74) is 1.00. The van der Waals surface area contributed by atoms with Gasteiger partial charge in [0.05, 0.1) is 12.0 Å². The Morgan fingerprint density at radius 3 is 2.40 bits per heavy atom. The molecule has 0 saturated heterocycles. The number of hydrogen-bond acceptors (Lipinski definition) is 3. The topological polar surface area (TPSA) is 21.6 Å². The van der Waals surface area contributed by atoms with E-state index in [1.807, 2.05) is 13.2 Å². The standard InChI is InChI=1S/C9H15NOS.C3H6/c1-5-6-8(2)7-10-9(3)11-12-4;1-3-2/h7H,2-3,5-6H2,1,4H3;3H,1H2,2H3/b10-7+;. The number of aliphatic imine (C=N–C) groups is 1. The van der Waals surface area contributed by atoms with E-state index in [2.05, 4.69) is 31.7 Å². The zero-order chi connectivity index (χ0) is 12.1. The maximum Gasteiger partial charge on any atom is 0.220 e. The van der Waals surface area contributed by atoms with Gasteiger partial charge in [-0.15, -0.1) is 6.58 Å². The third kappa shape index (κ3) is 15.8. The molecule has 0 aromatic carbocycles. The molecule has 0 aliphatic rings. The highest BCUT2D eigenvalue weighted by Crippen LogP contribution is 2.06. The van der Waals surface area contributed by atoms with Crippen LogP contribution in [0.2, 0.25) is 0 Å². The molecule has 0 heterocycles. The van der Waals surface area contributed by atoms with Gasteiger partial charge >= 0.3 is 0 Å². The summed E-state index contributed by atoms with van der Waals surface area (Å²) in [5.74, 6) is 0.416. The van der Waals surface area contributed by atoms with E-state index in [0.717, 1.165) is 18.4 Å². The summed E-state index contributed by atoms with van der Waals surface area (Å²) in [6.07, 6.45) is 7.32. The molecule has 0 bridgehead atoms. The molecule has 0 unspecified atom stereocenters. The van der Waals surface area contributed by atoms with Gasteiger partial charge in [-0.1, -0.05) is 26.0 Å². The third-order valence-corrected chi connectivity index (χ3v) is 1.50. The lowest BCUT2D eigenvalue weighted by Gasteiger charge is -1.98. The summed E-state index contributed by atoms with van der Waals surface area (Å²) in [5, 5.41) is 0. The van der Waals surface area contributed by atoms with Crippen LogP contribution in [0.3, 0.4) is 0 Å². The molecular weight excluding hydrogens is 206 g/mol. The fourth-order valence-electron chi connectivity index (χ4n) is 0.667. The molecule has 2 nitrogen and oxygen atoms in total. The molecule has 0 N–H and O–H groups in total. The van der Waals surface area contributed by atoms with Gasteiger partial charge < -0.3 is 4.18 Å². The van der Waals surface area contributed by atoms with Crippen LogP contribution >= 0.6 is 12.0 Å². The molecule has 86 valence electrons. The molecule has 0 radical (unpaired) electrons. The Hall–Kier alpha value is -0.960. The molecular formula is C12H21NOS. The second kappa shape index (κ2) is 13.0. The third-order valence-electron chi connectivity index (χ3n) is 1.14. The zero-order valence-electron chi connectivity index (χ0n) is 9.95. The molecule has 0 aliphatic carbocycles. The minimum atomic E-state index is 0.416. The van der Waals surface area contributed by atoms with Crippen molar-refractivity contribution in [3.63, 3.8) is 0 Å². The Morgan fingerprint density at radius 1 is 1.47 bits per heavy atom. The Bertz CT molecular complexity index is 202. The van der Waals surface area contributed by atoms with E-state index in [9.17, 15) is 0 Å². The van der Waals surface area contributed by atoms with E-state index in [4.69, 9.17) is 4.18 Å². The number of nitrogens with zero attached hydrogens (tertiary/aromatic N) is 1. The van der Waals surface area contributed by atoms with Crippen LogP contribution in [-0.4, -0.2) is 12.5 Å². The van der Waals surface area contributed by atoms with Crippen LogP contribution in [0.15, 0.2) is 42.3 Å². The highest BCUT2D eigenvalue weighted by Gasteiger charge is 1.89. The van der Waals surface area contributed by atoms with Gasteiger partial charge in [-0.25, -0.2) is 4.99 Å². The quantitative estimate of drug-likeness (QED) is 0.291. The SMILES string of the molecule is C=C(/C=N/C(=C)OSC)CCC.C=CC. The highest BCUT2D eigenvalue weighted by molar-refractivity contribution is 7.94. The normalized spacial score (nSPS) is 9.00. The van der Waals surface area contributed by atoms with Crippen LogP contribution in [0.25, 0.3) is 0 Å². The minimum Gasteiger partial charge on any atom is -0.407 e. The van der Waals surface area contributed by atoms with E-state index in [-0.39, 0.29) is 0 Å². The molecule has 0 aliphatic heterocycles. The van der Waals surface area contributed by atoms with Crippen LogP contribution in [0.4, 0.5) is 0 Å². The summed E-state index contributed by atoms with van der Waals surface area (Å²) in [4.78, 5) is 3.97. The summed E-state index contributed by atoms with van der Waals surface area (Å²) in [7, 11) is 0. The lowest BCUT2D eigenvalue weighted by molar-refractivity contribution is 0.499. The second-order valence-electron chi connectivity index (χ2n) is 2.72. The number of allylic oxidation sites excluding steroid dienone is 2. The summed E-state index contributed by atoms with van der Waals surface area (Å²) in [6, 6.07) is 0. The van der Waals surface area contributed by atoms with Crippen molar-refractivity contribution >= 4 is 18.3 Å². The number of rotatable bonds is 6. The Balaban J connectivity index is 0. The molecule has 3 heteroatoms. The first-order valence-corrected chi connectivity index (χ1v) is 5.95. The van der Waals surface area contributed by atoms with Gasteiger partial charge in [-0.2, -0.15) is 0 Å². The first-order chi connectivity index (χ1) is 7.12. The van der Waals surface area contributed by atoms with E-state index >= 15 is 0 Å². The van der Waals surface area contributed by atoms with E-state index in [1.165, 1.54) is 12.0 Å². The lowest BCUT2D eigenvalue weighted by Crippen LogP contribution is -1.84. The van der Waals surface area contributed by atoms with Crippen LogP contribution in [0.5, 0.6) is 0 Å². The van der Waals surface area contributed by atoms with Crippen molar-refractivity contribution in [1.82, 2.24) is 0 Å². The fraction of sp³-hybridized carbons (Fsp3) is 0.417. The van der Waals surface area contributed by atoms with E-state index < -0.39 is 0 Å². The van der Waals surface area contributed by atoms with Crippen molar-refractivity contribution in [3.8, 4) is 0 Å². The fourth-order valence-corrected chi connectivity index (χ4v) is 0.902. The Kier molecular flexibility index (Phi) is 14.3. The minimum absolute atomic E-state index is 0.416. The first-order valence-electron chi connectivity index (χ1n) is 4.80. The first kappa shape index (κ1) is 16.5. The predicted octanol–water partition coefficient (Wildman–Crippen LogP) is 4.37. The molecule has 0 aromatic rings. The summed E-state index contributed by atoms with van der Waals surface area (Å²) < 4.78 is 4.95. The van der Waals surface area contributed by atoms with Crippen LogP contribution < -0.4 is 0 Å². The maximum absolute atomic E-state index is 4.95. The Morgan fingerprint density at radius 2 is 2.00 bits per heavy atom. The van der Waals surface area contributed by atoms with Gasteiger partial charge in [-0.05, 0) is 25.5 Å². The van der Waals surface area contributed by atoms with Crippen LogP contribution in [0, 0.1) is 0 Å². The summed E-state index contributed by atoms with van der Waals surface area (Å²) in [6.45, 7) is 14.8. The van der Waals surface area contributed by atoms with Crippen molar-refractivity contribution < 1.29 is 4.18 Å². The van der Waals surface area contributed by atoms with Crippen molar-refractivity contribution in [1.29, 1.82) is 0 Å². The largest absolute Gasteiger partial charge is 0.407 e.